The summed E-state index contributed by atoms with van der Waals surface area (Å²) in [6.45, 7) is 7.74. The molecule has 3 atom stereocenters. The Kier molecular flexibility index (Phi) is 3.73. The van der Waals surface area contributed by atoms with Crippen molar-refractivity contribution >= 4 is 5.97 Å². The summed E-state index contributed by atoms with van der Waals surface area (Å²) >= 11 is 0. The van der Waals surface area contributed by atoms with E-state index in [0.29, 0.717) is 11.8 Å². The summed E-state index contributed by atoms with van der Waals surface area (Å²) in [4.78, 5) is 12.8. The van der Waals surface area contributed by atoms with Gasteiger partial charge < -0.3 is 10.2 Å². The number of aliphatic carboxylic acids is 1. The molecule has 1 saturated heterocycles. The zero-order chi connectivity index (χ0) is 11.6. The van der Waals surface area contributed by atoms with Crippen LogP contribution in [0.2, 0.25) is 0 Å². The van der Waals surface area contributed by atoms with Crippen molar-refractivity contribution in [1.82, 2.24) is 4.90 Å². The Hall–Kier alpha value is -0.610. The van der Waals surface area contributed by atoms with Crippen molar-refractivity contribution in [2.75, 3.05) is 19.6 Å². The van der Waals surface area contributed by atoms with Crippen LogP contribution in [0.1, 0.15) is 27.2 Å². The second-order valence-corrected chi connectivity index (χ2v) is 5.06. The molecule has 0 aromatic rings. The van der Waals surface area contributed by atoms with Gasteiger partial charge in [-0.1, -0.05) is 13.8 Å². The largest absolute Gasteiger partial charge is 0.479 e. The Morgan fingerprint density at radius 3 is 2.53 bits per heavy atom. The first-order valence-electron chi connectivity index (χ1n) is 5.51. The molecule has 88 valence electrons. The predicted octanol–water partition coefficient (Wildman–Crippen LogP) is 0.800. The van der Waals surface area contributed by atoms with Crippen molar-refractivity contribution in [2.45, 2.75) is 32.8 Å². The molecule has 1 rings (SSSR count). The standard InChI is InChI=1S/C11H21NO3/c1-8-4-5-12(6-9(8)2)7-11(3,15)10(13)14/h8-9,15H,4-7H2,1-3H3,(H,13,14). The minimum atomic E-state index is -1.62. The third kappa shape index (κ3) is 3.18. The normalized spacial score (nSPS) is 32.3. The molecule has 1 fully saturated rings. The first-order chi connectivity index (χ1) is 6.83. The third-order valence-electron chi connectivity index (χ3n) is 3.41. The van der Waals surface area contributed by atoms with E-state index in [9.17, 15) is 9.90 Å². The van der Waals surface area contributed by atoms with Gasteiger partial charge in [0.05, 0.1) is 0 Å². The van der Waals surface area contributed by atoms with E-state index >= 15 is 0 Å². The Bertz CT molecular complexity index is 240. The van der Waals surface area contributed by atoms with Crippen LogP contribution in [0, 0.1) is 11.8 Å². The molecule has 4 nitrogen and oxygen atoms in total. The van der Waals surface area contributed by atoms with Gasteiger partial charge in [-0.3, -0.25) is 4.90 Å². The van der Waals surface area contributed by atoms with Crippen molar-refractivity contribution in [3.8, 4) is 0 Å². The predicted molar refractivity (Wildman–Crippen MR) is 57.6 cm³/mol. The van der Waals surface area contributed by atoms with E-state index in [1.807, 2.05) is 4.90 Å². The maximum atomic E-state index is 10.8. The van der Waals surface area contributed by atoms with Crippen LogP contribution in [-0.2, 0) is 4.79 Å². The lowest BCUT2D eigenvalue weighted by Gasteiger charge is -2.37. The van der Waals surface area contributed by atoms with Crippen LogP contribution in [0.3, 0.4) is 0 Å². The summed E-state index contributed by atoms with van der Waals surface area (Å²) in [5.41, 5.74) is -1.62. The molecule has 1 aliphatic rings. The van der Waals surface area contributed by atoms with E-state index in [2.05, 4.69) is 13.8 Å². The average molecular weight is 215 g/mol. The first-order valence-corrected chi connectivity index (χ1v) is 5.51. The molecule has 2 N–H and O–H groups in total. The molecule has 15 heavy (non-hydrogen) atoms. The highest BCUT2D eigenvalue weighted by molar-refractivity contribution is 5.76. The number of carboxylic acids is 1. The van der Waals surface area contributed by atoms with Crippen molar-refractivity contribution in [3.63, 3.8) is 0 Å². The van der Waals surface area contributed by atoms with Crippen molar-refractivity contribution in [1.29, 1.82) is 0 Å². The maximum absolute atomic E-state index is 10.8. The van der Waals surface area contributed by atoms with E-state index in [0.717, 1.165) is 19.5 Å². The SMILES string of the molecule is CC1CCN(CC(C)(O)C(=O)O)CC1C. The highest BCUT2D eigenvalue weighted by Crippen LogP contribution is 2.23. The summed E-state index contributed by atoms with van der Waals surface area (Å²) in [6.07, 6.45) is 1.08. The van der Waals surface area contributed by atoms with Gasteiger partial charge in [-0.05, 0) is 31.7 Å². The molecular formula is C11H21NO3. The van der Waals surface area contributed by atoms with Crippen LogP contribution in [0.25, 0.3) is 0 Å². The Morgan fingerprint density at radius 1 is 1.47 bits per heavy atom. The number of carbonyl (C=O) groups is 1. The molecule has 0 aliphatic carbocycles. The number of aliphatic hydroxyl groups is 1. The number of carboxylic acid groups (broad SMARTS) is 1. The van der Waals surface area contributed by atoms with Gasteiger partial charge in [-0.15, -0.1) is 0 Å². The molecule has 0 aromatic carbocycles. The number of nitrogens with zero attached hydrogens (tertiary/aromatic N) is 1. The number of β-amino-alcohol motifs (C(OH)–C–C–N with tert-alkyl or cyclic N) is 1. The number of hydrogen-bond acceptors (Lipinski definition) is 3. The number of hydrogen-bond donors (Lipinski definition) is 2. The van der Waals surface area contributed by atoms with Crippen molar-refractivity contribution in [2.24, 2.45) is 11.8 Å². The number of piperidine rings is 1. The van der Waals surface area contributed by atoms with Gasteiger partial charge in [0, 0.05) is 13.1 Å². The molecule has 0 saturated carbocycles. The average Bonchev–Trinajstić information content (AvgIpc) is 2.10. The van der Waals surface area contributed by atoms with Crippen molar-refractivity contribution < 1.29 is 15.0 Å². The molecule has 0 bridgehead atoms. The summed E-state index contributed by atoms with van der Waals surface area (Å²) in [7, 11) is 0. The highest BCUT2D eigenvalue weighted by Gasteiger charge is 2.34. The zero-order valence-electron chi connectivity index (χ0n) is 9.73. The van der Waals surface area contributed by atoms with Crippen LogP contribution >= 0.6 is 0 Å². The fraction of sp³-hybridized carbons (Fsp3) is 0.909. The summed E-state index contributed by atoms with van der Waals surface area (Å²) in [5, 5.41) is 18.5. The minimum absolute atomic E-state index is 0.222. The zero-order valence-corrected chi connectivity index (χ0v) is 9.73. The topological polar surface area (TPSA) is 60.8 Å². The molecular weight excluding hydrogens is 194 g/mol. The van der Waals surface area contributed by atoms with Gasteiger partial charge in [0.2, 0.25) is 0 Å². The van der Waals surface area contributed by atoms with E-state index in [-0.39, 0.29) is 6.54 Å². The molecule has 3 unspecified atom stereocenters. The first kappa shape index (κ1) is 12.5. The van der Waals surface area contributed by atoms with E-state index in [1.54, 1.807) is 0 Å². The van der Waals surface area contributed by atoms with Crippen LogP contribution < -0.4 is 0 Å². The van der Waals surface area contributed by atoms with Gasteiger partial charge in [0.1, 0.15) is 0 Å². The number of likely N-dealkylation sites (tertiary alicyclic amines) is 1. The molecule has 0 amide bonds. The molecule has 1 heterocycles. The van der Waals surface area contributed by atoms with Gasteiger partial charge >= 0.3 is 5.97 Å². The Labute approximate surface area is 90.9 Å². The molecule has 4 heteroatoms. The second-order valence-electron chi connectivity index (χ2n) is 5.06. The fourth-order valence-electron chi connectivity index (χ4n) is 2.00. The van der Waals surface area contributed by atoms with Gasteiger partial charge in [-0.25, -0.2) is 4.79 Å². The Balaban J connectivity index is 2.50. The lowest BCUT2D eigenvalue weighted by Crippen LogP contribution is -2.50. The minimum Gasteiger partial charge on any atom is -0.479 e. The van der Waals surface area contributed by atoms with Crippen molar-refractivity contribution in [3.05, 3.63) is 0 Å². The van der Waals surface area contributed by atoms with E-state index < -0.39 is 11.6 Å². The fourth-order valence-corrected chi connectivity index (χ4v) is 2.00. The summed E-state index contributed by atoms with van der Waals surface area (Å²) in [6, 6.07) is 0. The lowest BCUT2D eigenvalue weighted by atomic mass is 9.88. The monoisotopic (exact) mass is 215 g/mol. The smallest absolute Gasteiger partial charge is 0.336 e. The maximum Gasteiger partial charge on any atom is 0.336 e. The molecule has 1 aliphatic heterocycles. The second kappa shape index (κ2) is 4.49. The third-order valence-corrected chi connectivity index (χ3v) is 3.41. The van der Waals surface area contributed by atoms with Crippen LogP contribution in [0.15, 0.2) is 0 Å². The number of rotatable bonds is 3. The molecule has 0 spiro atoms. The van der Waals surface area contributed by atoms with Crippen LogP contribution in [0.4, 0.5) is 0 Å². The van der Waals surface area contributed by atoms with Gasteiger partial charge in [-0.2, -0.15) is 0 Å². The van der Waals surface area contributed by atoms with Crippen LogP contribution in [-0.4, -0.2) is 46.3 Å². The lowest BCUT2D eigenvalue weighted by molar-refractivity contribution is -0.159. The molecule has 0 aromatic heterocycles. The highest BCUT2D eigenvalue weighted by atomic mass is 16.4. The van der Waals surface area contributed by atoms with Crippen LogP contribution in [0.5, 0.6) is 0 Å². The van der Waals surface area contributed by atoms with Gasteiger partial charge in [0.25, 0.3) is 0 Å². The molecule has 0 radical (unpaired) electrons. The van der Waals surface area contributed by atoms with Gasteiger partial charge in [0.15, 0.2) is 5.60 Å². The summed E-state index contributed by atoms with van der Waals surface area (Å²) < 4.78 is 0. The Morgan fingerprint density at radius 2 is 2.07 bits per heavy atom. The summed E-state index contributed by atoms with van der Waals surface area (Å²) in [5.74, 6) is 0.119. The van der Waals surface area contributed by atoms with E-state index in [4.69, 9.17) is 5.11 Å². The van der Waals surface area contributed by atoms with E-state index in [1.165, 1.54) is 6.92 Å². The quantitative estimate of drug-likeness (QED) is 0.731.